The Balaban J connectivity index is 1.28. The Morgan fingerprint density at radius 1 is 1.18 bits per heavy atom. The fourth-order valence-electron chi connectivity index (χ4n) is 4.72. The fourth-order valence-corrected chi connectivity index (χ4v) is 5.75. The molecule has 1 saturated heterocycles. The maximum atomic E-state index is 11.2. The minimum atomic E-state index is -0.688. The molecule has 0 aliphatic carbocycles. The summed E-state index contributed by atoms with van der Waals surface area (Å²) >= 11 is 1.85. The second-order valence-electron chi connectivity index (χ2n) is 8.99. The van der Waals surface area contributed by atoms with Gasteiger partial charge in [0.15, 0.2) is 0 Å². The third-order valence-corrected chi connectivity index (χ3v) is 7.78. The Labute approximate surface area is 204 Å². The summed E-state index contributed by atoms with van der Waals surface area (Å²) in [5.74, 6) is -0.0274. The Bertz CT molecular complexity index is 1240. The average Bonchev–Trinajstić information content (AvgIpc) is 3.50. The smallest absolute Gasteiger partial charge is 0.307 e. The third kappa shape index (κ3) is 5.01. The third-order valence-electron chi connectivity index (χ3n) is 6.53. The number of carboxylic acids is 1. The quantitative estimate of drug-likeness (QED) is 0.437. The van der Waals surface area contributed by atoms with E-state index >= 15 is 0 Å². The van der Waals surface area contributed by atoms with Gasteiger partial charge < -0.3 is 9.84 Å². The standard InChI is InChI=1S/C29H29NO3S/c1-2-28-26(22-6-4-3-5-7-22)16-25(34-28)11-9-20-8-10-23-14-21(19-33-27(23)15-20)17-30-13-12-24(18-30)29(31)32/h3-11,14-16,24H,2,12-13,17-19H2,1H3,(H,31,32). The number of carboxylic acid groups (broad SMARTS) is 1. The molecule has 2 aromatic carbocycles. The maximum absolute atomic E-state index is 11.2. The molecule has 0 bridgehead atoms. The number of thiophene rings is 1. The molecule has 174 valence electrons. The van der Waals surface area contributed by atoms with E-state index < -0.39 is 5.97 Å². The van der Waals surface area contributed by atoms with Crippen LogP contribution in [-0.4, -0.2) is 42.2 Å². The number of rotatable bonds is 7. The van der Waals surface area contributed by atoms with E-state index in [9.17, 15) is 9.90 Å². The van der Waals surface area contributed by atoms with Crippen LogP contribution >= 0.6 is 11.3 Å². The van der Waals surface area contributed by atoms with Crippen molar-refractivity contribution in [1.82, 2.24) is 4.90 Å². The zero-order valence-electron chi connectivity index (χ0n) is 19.4. The number of aliphatic carboxylic acids is 1. The van der Waals surface area contributed by atoms with Gasteiger partial charge >= 0.3 is 5.97 Å². The molecule has 0 amide bonds. The molecule has 0 spiro atoms. The largest absolute Gasteiger partial charge is 0.489 e. The first kappa shape index (κ1) is 22.6. The number of carbonyl (C=O) groups is 1. The predicted molar refractivity (Wildman–Crippen MR) is 140 cm³/mol. The van der Waals surface area contributed by atoms with Gasteiger partial charge in [0.05, 0.1) is 5.92 Å². The number of aryl methyl sites for hydroxylation is 1. The minimum Gasteiger partial charge on any atom is -0.489 e. The summed E-state index contributed by atoms with van der Waals surface area (Å²) in [4.78, 5) is 16.1. The summed E-state index contributed by atoms with van der Waals surface area (Å²) < 4.78 is 6.07. The molecule has 34 heavy (non-hydrogen) atoms. The van der Waals surface area contributed by atoms with E-state index in [2.05, 4.69) is 84.6 Å². The molecular weight excluding hydrogens is 442 g/mol. The molecule has 5 rings (SSSR count). The van der Waals surface area contributed by atoms with Crippen LogP contribution < -0.4 is 4.74 Å². The van der Waals surface area contributed by atoms with Gasteiger partial charge in [0.25, 0.3) is 0 Å². The molecule has 1 atom stereocenters. The molecule has 3 aromatic rings. The number of benzene rings is 2. The highest BCUT2D eigenvalue weighted by atomic mass is 32.1. The Morgan fingerprint density at radius 3 is 2.79 bits per heavy atom. The molecule has 3 heterocycles. The van der Waals surface area contributed by atoms with E-state index in [1.54, 1.807) is 0 Å². The molecule has 2 aliphatic rings. The van der Waals surface area contributed by atoms with E-state index in [1.165, 1.54) is 26.5 Å². The highest BCUT2D eigenvalue weighted by Gasteiger charge is 2.28. The van der Waals surface area contributed by atoms with Crippen molar-refractivity contribution in [3.8, 4) is 16.9 Å². The first-order valence-electron chi connectivity index (χ1n) is 11.9. The zero-order chi connectivity index (χ0) is 23.5. The Kier molecular flexibility index (Phi) is 6.66. The van der Waals surface area contributed by atoms with Crippen molar-refractivity contribution in [2.45, 2.75) is 19.8 Å². The summed E-state index contributed by atoms with van der Waals surface area (Å²) in [6.45, 7) is 4.99. The van der Waals surface area contributed by atoms with Crippen molar-refractivity contribution >= 4 is 35.5 Å². The molecule has 1 aromatic heterocycles. The van der Waals surface area contributed by atoms with Gasteiger partial charge in [0.2, 0.25) is 0 Å². The molecule has 1 N–H and O–H groups in total. The van der Waals surface area contributed by atoms with Crippen LogP contribution in [0, 0.1) is 5.92 Å². The van der Waals surface area contributed by atoms with E-state index in [4.69, 9.17) is 4.74 Å². The first-order chi connectivity index (χ1) is 16.6. The summed E-state index contributed by atoms with van der Waals surface area (Å²) in [7, 11) is 0. The second-order valence-corrected chi connectivity index (χ2v) is 10.2. The van der Waals surface area contributed by atoms with Crippen molar-refractivity contribution in [3.63, 3.8) is 0 Å². The molecule has 0 radical (unpaired) electrons. The van der Waals surface area contributed by atoms with Gasteiger partial charge in [-0.15, -0.1) is 11.3 Å². The van der Waals surface area contributed by atoms with Gasteiger partial charge in [-0.2, -0.15) is 0 Å². The van der Waals surface area contributed by atoms with E-state index in [0.29, 0.717) is 13.2 Å². The van der Waals surface area contributed by atoms with E-state index in [0.717, 1.165) is 42.8 Å². The fraction of sp³-hybridized carbons (Fsp3) is 0.276. The number of hydrogen-bond donors (Lipinski definition) is 1. The van der Waals surface area contributed by atoms with Crippen molar-refractivity contribution in [2.75, 3.05) is 26.2 Å². The van der Waals surface area contributed by atoms with Crippen LogP contribution in [0.3, 0.4) is 0 Å². The molecular formula is C29H29NO3S. The Morgan fingerprint density at radius 2 is 2.03 bits per heavy atom. The topological polar surface area (TPSA) is 49.8 Å². The molecule has 5 heteroatoms. The second kappa shape index (κ2) is 10.00. The molecule has 2 aliphatic heterocycles. The van der Waals surface area contributed by atoms with Crippen LogP contribution in [0.4, 0.5) is 0 Å². The van der Waals surface area contributed by atoms with Crippen LogP contribution in [0.2, 0.25) is 0 Å². The lowest BCUT2D eigenvalue weighted by atomic mass is 10.0. The SMILES string of the molecule is CCc1sc(C=Cc2ccc3c(c2)OCC(CN2CCC(C(=O)O)C2)=C3)cc1-c1ccccc1. The average molecular weight is 472 g/mol. The van der Waals surface area contributed by atoms with Gasteiger partial charge in [0.1, 0.15) is 12.4 Å². The number of likely N-dealkylation sites (tertiary alicyclic amines) is 1. The van der Waals surface area contributed by atoms with Crippen LogP contribution in [0.25, 0.3) is 29.4 Å². The molecule has 1 unspecified atom stereocenters. The lowest BCUT2D eigenvalue weighted by molar-refractivity contribution is -0.141. The van der Waals surface area contributed by atoms with Crippen LogP contribution in [0.15, 0.2) is 60.2 Å². The van der Waals surface area contributed by atoms with E-state index in [-0.39, 0.29) is 5.92 Å². The number of ether oxygens (including phenoxy) is 1. The number of fused-ring (bicyclic) bond motifs is 1. The van der Waals surface area contributed by atoms with E-state index in [1.807, 2.05) is 11.3 Å². The number of hydrogen-bond acceptors (Lipinski definition) is 4. The number of nitrogens with zero attached hydrogens (tertiary/aromatic N) is 1. The highest BCUT2D eigenvalue weighted by Crippen LogP contribution is 2.34. The molecule has 1 fully saturated rings. The van der Waals surface area contributed by atoms with Gasteiger partial charge in [0, 0.05) is 28.4 Å². The molecule has 4 nitrogen and oxygen atoms in total. The predicted octanol–water partition coefficient (Wildman–Crippen LogP) is 6.33. The monoisotopic (exact) mass is 471 g/mol. The lowest BCUT2D eigenvalue weighted by Crippen LogP contribution is -2.27. The lowest BCUT2D eigenvalue weighted by Gasteiger charge is -2.22. The van der Waals surface area contributed by atoms with Crippen LogP contribution in [-0.2, 0) is 11.2 Å². The normalized spacial score (nSPS) is 18.0. The summed E-state index contributed by atoms with van der Waals surface area (Å²) in [6.07, 6.45) is 8.29. The summed E-state index contributed by atoms with van der Waals surface area (Å²) in [6, 6.07) is 19.2. The van der Waals surface area contributed by atoms with Gasteiger partial charge in [-0.25, -0.2) is 0 Å². The Hall–Kier alpha value is -3.15. The van der Waals surface area contributed by atoms with Gasteiger partial charge in [-0.3, -0.25) is 9.69 Å². The van der Waals surface area contributed by atoms with Crippen LogP contribution in [0.1, 0.15) is 34.2 Å². The van der Waals surface area contributed by atoms with Gasteiger partial charge in [-0.05, 0) is 65.9 Å². The first-order valence-corrected chi connectivity index (χ1v) is 12.7. The minimum absolute atomic E-state index is 0.243. The van der Waals surface area contributed by atoms with Crippen LogP contribution in [0.5, 0.6) is 5.75 Å². The van der Waals surface area contributed by atoms with Crippen molar-refractivity contribution in [2.24, 2.45) is 5.92 Å². The molecule has 0 saturated carbocycles. The summed E-state index contributed by atoms with van der Waals surface area (Å²) in [5, 5.41) is 9.22. The zero-order valence-corrected chi connectivity index (χ0v) is 20.2. The van der Waals surface area contributed by atoms with Gasteiger partial charge in [-0.1, -0.05) is 55.5 Å². The van der Waals surface area contributed by atoms with Crippen molar-refractivity contribution < 1.29 is 14.6 Å². The van der Waals surface area contributed by atoms with Crippen molar-refractivity contribution in [3.05, 3.63) is 81.1 Å². The summed E-state index contributed by atoms with van der Waals surface area (Å²) in [5.41, 5.74) is 6.00. The van der Waals surface area contributed by atoms with Crippen molar-refractivity contribution in [1.29, 1.82) is 0 Å². The highest BCUT2D eigenvalue weighted by molar-refractivity contribution is 7.13. The maximum Gasteiger partial charge on any atom is 0.307 e.